The van der Waals surface area contributed by atoms with E-state index in [9.17, 15) is 9.18 Å². The van der Waals surface area contributed by atoms with Crippen LogP contribution in [0.4, 0.5) is 20.6 Å². The zero-order chi connectivity index (χ0) is 25.1. The standard InChI is InChI=1S/C27H24FN3O5/c1-33-25-14-20-21(15-26(25)34-2)29-9-8-23(20)36-19-6-7-22-24(13-19)35-11-10-31(22)27(32)30-18-5-3-4-17(12-18)16-28/h3-9,12-15H,10-11,16H2,1-2H3,(H,30,32). The summed E-state index contributed by atoms with van der Waals surface area (Å²) in [5, 5.41) is 3.58. The van der Waals surface area contributed by atoms with Gasteiger partial charge in [-0.25, -0.2) is 9.18 Å². The smallest absolute Gasteiger partial charge is 0.326 e. The molecule has 3 aromatic carbocycles. The van der Waals surface area contributed by atoms with E-state index in [1.807, 2.05) is 6.07 Å². The largest absolute Gasteiger partial charge is 0.493 e. The zero-order valence-electron chi connectivity index (χ0n) is 19.8. The fourth-order valence-corrected chi connectivity index (χ4v) is 4.06. The number of nitrogens with zero attached hydrogens (tertiary/aromatic N) is 2. The second kappa shape index (κ2) is 9.99. The number of rotatable bonds is 6. The minimum atomic E-state index is -0.597. The lowest BCUT2D eigenvalue weighted by Gasteiger charge is -2.30. The Hall–Kier alpha value is -4.53. The molecule has 8 nitrogen and oxygen atoms in total. The molecule has 2 heterocycles. The Bertz CT molecular complexity index is 1430. The summed E-state index contributed by atoms with van der Waals surface area (Å²) in [5.74, 6) is 2.78. The highest BCUT2D eigenvalue weighted by molar-refractivity contribution is 6.03. The number of carbonyl (C=O) groups is 1. The van der Waals surface area contributed by atoms with E-state index < -0.39 is 6.67 Å². The van der Waals surface area contributed by atoms with Crippen molar-refractivity contribution >= 4 is 28.3 Å². The van der Waals surface area contributed by atoms with Crippen molar-refractivity contribution in [3.05, 3.63) is 72.4 Å². The zero-order valence-corrected chi connectivity index (χ0v) is 19.8. The number of pyridine rings is 1. The molecule has 0 saturated heterocycles. The molecule has 36 heavy (non-hydrogen) atoms. The number of aromatic nitrogens is 1. The quantitative estimate of drug-likeness (QED) is 0.361. The molecule has 9 heteroatoms. The Morgan fingerprint density at radius 3 is 2.69 bits per heavy atom. The van der Waals surface area contributed by atoms with E-state index >= 15 is 0 Å². The maximum absolute atomic E-state index is 13.0. The summed E-state index contributed by atoms with van der Waals surface area (Å²) < 4.78 is 35.8. The topological polar surface area (TPSA) is 82.2 Å². The molecule has 0 radical (unpaired) electrons. The first-order chi connectivity index (χ1) is 17.6. The summed E-state index contributed by atoms with van der Waals surface area (Å²) in [6, 6.07) is 17.0. The lowest BCUT2D eigenvalue weighted by molar-refractivity contribution is 0.250. The summed E-state index contributed by atoms with van der Waals surface area (Å²) in [4.78, 5) is 19.0. The van der Waals surface area contributed by atoms with Gasteiger partial charge in [0.2, 0.25) is 0 Å². The predicted molar refractivity (Wildman–Crippen MR) is 134 cm³/mol. The van der Waals surface area contributed by atoms with E-state index in [1.165, 1.54) is 0 Å². The molecule has 0 aliphatic carbocycles. The van der Waals surface area contributed by atoms with Crippen molar-refractivity contribution in [3.63, 3.8) is 0 Å². The number of methoxy groups -OCH3 is 2. The molecule has 0 fully saturated rings. The highest BCUT2D eigenvalue weighted by Gasteiger charge is 2.25. The Labute approximate surface area is 207 Å². The van der Waals surface area contributed by atoms with Crippen LogP contribution in [0, 0.1) is 0 Å². The van der Waals surface area contributed by atoms with Crippen molar-refractivity contribution in [1.29, 1.82) is 0 Å². The summed E-state index contributed by atoms with van der Waals surface area (Å²) in [6.07, 6.45) is 1.66. The van der Waals surface area contributed by atoms with Gasteiger partial charge in [0.25, 0.3) is 0 Å². The van der Waals surface area contributed by atoms with Gasteiger partial charge in [0, 0.05) is 29.4 Å². The van der Waals surface area contributed by atoms with E-state index in [2.05, 4.69) is 10.3 Å². The third-order valence-electron chi connectivity index (χ3n) is 5.81. The number of ether oxygens (including phenoxy) is 4. The molecule has 1 aromatic heterocycles. The van der Waals surface area contributed by atoms with Crippen LogP contribution in [-0.4, -0.2) is 38.4 Å². The van der Waals surface area contributed by atoms with Crippen LogP contribution in [0.2, 0.25) is 0 Å². The Kier molecular flexibility index (Phi) is 6.44. The highest BCUT2D eigenvalue weighted by Crippen LogP contribution is 2.40. The molecule has 5 rings (SSSR count). The van der Waals surface area contributed by atoms with Gasteiger partial charge in [0.1, 0.15) is 30.5 Å². The number of hydrogen-bond acceptors (Lipinski definition) is 6. The van der Waals surface area contributed by atoms with E-state index in [4.69, 9.17) is 18.9 Å². The van der Waals surface area contributed by atoms with Crippen LogP contribution in [0.25, 0.3) is 10.9 Å². The lowest BCUT2D eigenvalue weighted by Crippen LogP contribution is -2.40. The molecule has 1 N–H and O–H groups in total. The van der Waals surface area contributed by atoms with Gasteiger partial charge < -0.3 is 24.3 Å². The van der Waals surface area contributed by atoms with E-state index in [0.29, 0.717) is 64.4 Å². The molecule has 2 amide bonds. The van der Waals surface area contributed by atoms with Gasteiger partial charge in [-0.05, 0) is 42.0 Å². The van der Waals surface area contributed by atoms with Gasteiger partial charge in [-0.15, -0.1) is 0 Å². The Morgan fingerprint density at radius 2 is 1.89 bits per heavy atom. The average Bonchev–Trinajstić information content (AvgIpc) is 2.92. The van der Waals surface area contributed by atoms with Crippen LogP contribution in [0.15, 0.2) is 66.9 Å². The maximum Gasteiger partial charge on any atom is 0.326 e. The highest BCUT2D eigenvalue weighted by atomic mass is 19.1. The van der Waals surface area contributed by atoms with E-state index in [1.54, 1.807) is 79.9 Å². The first-order valence-electron chi connectivity index (χ1n) is 11.3. The number of halogens is 1. The Morgan fingerprint density at radius 1 is 1.06 bits per heavy atom. The van der Waals surface area contributed by atoms with E-state index in [-0.39, 0.29) is 6.03 Å². The normalized spacial score (nSPS) is 12.5. The molecule has 0 atom stereocenters. The van der Waals surface area contributed by atoms with Crippen molar-refractivity contribution in [1.82, 2.24) is 4.98 Å². The molecule has 184 valence electrons. The van der Waals surface area contributed by atoms with Gasteiger partial charge in [-0.3, -0.25) is 9.88 Å². The van der Waals surface area contributed by atoms with Crippen molar-refractivity contribution in [3.8, 4) is 28.7 Å². The summed E-state index contributed by atoms with van der Waals surface area (Å²) in [5.41, 5.74) is 2.33. The summed E-state index contributed by atoms with van der Waals surface area (Å²) >= 11 is 0. The van der Waals surface area contributed by atoms with Gasteiger partial charge >= 0.3 is 6.03 Å². The van der Waals surface area contributed by atoms with Crippen LogP contribution in [0.3, 0.4) is 0 Å². The number of fused-ring (bicyclic) bond motifs is 2. The first-order valence-corrected chi connectivity index (χ1v) is 11.3. The number of carbonyl (C=O) groups excluding carboxylic acids is 1. The second-order valence-electron chi connectivity index (χ2n) is 8.03. The van der Waals surface area contributed by atoms with Crippen molar-refractivity contribution in [2.45, 2.75) is 6.67 Å². The molecule has 0 unspecified atom stereocenters. The SMILES string of the molecule is COc1cc2nccc(Oc3ccc4c(c3)OCCN4C(=O)Nc3cccc(CF)c3)c2cc1OC. The van der Waals surface area contributed by atoms with Crippen molar-refractivity contribution in [2.24, 2.45) is 0 Å². The summed E-state index contributed by atoms with van der Waals surface area (Å²) in [7, 11) is 3.14. The maximum atomic E-state index is 13.0. The number of urea groups is 1. The minimum absolute atomic E-state index is 0.323. The number of alkyl halides is 1. The van der Waals surface area contributed by atoms with Crippen molar-refractivity contribution < 1.29 is 28.1 Å². The molecular formula is C27H24FN3O5. The average molecular weight is 490 g/mol. The molecule has 0 spiro atoms. The number of anilines is 2. The van der Waals surface area contributed by atoms with Gasteiger partial charge in [0.15, 0.2) is 11.5 Å². The summed E-state index contributed by atoms with van der Waals surface area (Å²) in [6.45, 7) is 0.0992. The fourth-order valence-electron chi connectivity index (χ4n) is 4.06. The number of nitrogens with one attached hydrogen (secondary N) is 1. The number of hydrogen-bond donors (Lipinski definition) is 1. The van der Waals surface area contributed by atoms with Crippen LogP contribution in [-0.2, 0) is 6.67 Å². The third kappa shape index (κ3) is 4.55. The molecule has 0 bridgehead atoms. The van der Waals surface area contributed by atoms with E-state index in [0.717, 1.165) is 5.39 Å². The number of amides is 2. The first kappa shape index (κ1) is 23.2. The van der Waals surface area contributed by atoms with Crippen LogP contribution in [0.5, 0.6) is 28.7 Å². The molecule has 1 aliphatic rings. The predicted octanol–water partition coefficient (Wildman–Crippen LogP) is 5.94. The molecular weight excluding hydrogens is 465 g/mol. The number of benzene rings is 3. The van der Waals surface area contributed by atoms with Gasteiger partial charge in [0.05, 0.1) is 32.0 Å². The Balaban J connectivity index is 1.40. The van der Waals surface area contributed by atoms with Crippen LogP contribution < -0.4 is 29.2 Å². The monoisotopic (exact) mass is 489 g/mol. The molecule has 1 aliphatic heterocycles. The fraction of sp³-hybridized carbons (Fsp3) is 0.185. The molecule has 4 aromatic rings. The second-order valence-corrected chi connectivity index (χ2v) is 8.03. The third-order valence-corrected chi connectivity index (χ3v) is 5.81. The lowest BCUT2D eigenvalue weighted by atomic mass is 10.1. The van der Waals surface area contributed by atoms with Crippen LogP contribution in [0.1, 0.15) is 5.56 Å². The van der Waals surface area contributed by atoms with Gasteiger partial charge in [-0.2, -0.15) is 0 Å². The minimum Gasteiger partial charge on any atom is -0.493 e. The van der Waals surface area contributed by atoms with Gasteiger partial charge in [-0.1, -0.05) is 12.1 Å². The van der Waals surface area contributed by atoms with Crippen molar-refractivity contribution in [2.75, 3.05) is 37.6 Å². The van der Waals surface area contributed by atoms with Crippen LogP contribution >= 0.6 is 0 Å². The molecule has 0 saturated carbocycles.